The number of furan rings is 1. The van der Waals surface area contributed by atoms with Crippen LogP contribution in [-0.4, -0.2) is 48.4 Å². The number of amides is 1. The van der Waals surface area contributed by atoms with Gasteiger partial charge in [-0.15, -0.1) is 0 Å². The number of likely N-dealkylation sites (N-methyl/N-ethyl adjacent to an activating group) is 1. The quantitative estimate of drug-likeness (QED) is 0.850. The molecule has 1 saturated heterocycles. The fourth-order valence-electron chi connectivity index (χ4n) is 2.21. The van der Waals surface area contributed by atoms with Gasteiger partial charge in [0.15, 0.2) is 0 Å². The molecule has 0 unspecified atom stereocenters. The molecule has 5 nitrogen and oxygen atoms in total. The van der Waals surface area contributed by atoms with Gasteiger partial charge in [-0.1, -0.05) is 0 Å². The largest absolute Gasteiger partial charge is 0.464 e. The number of rotatable bonds is 4. The molecule has 1 aromatic rings. The number of carbonyl (C=O) groups excluding carboxylic acids is 1. The van der Waals surface area contributed by atoms with E-state index < -0.39 is 0 Å². The van der Waals surface area contributed by atoms with E-state index in [1.165, 1.54) is 0 Å². The zero-order chi connectivity index (χ0) is 13.1. The summed E-state index contributed by atoms with van der Waals surface area (Å²) in [6, 6.07) is 4.04. The lowest BCUT2D eigenvalue weighted by molar-refractivity contribution is -0.131. The average Bonchev–Trinajstić information content (AvgIpc) is 2.88. The zero-order valence-electron chi connectivity index (χ0n) is 11.1. The number of hydrogen-bond acceptors (Lipinski definition) is 4. The monoisotopic (exact) mass is 251 g/mol. The van der Waals surface area contributed by atoms with Crippen LogP contribution in [-0.2, 0) is 11.3 Å². The van der Waals surface area contributed by atoms with E-state index >= 15 is 0 Å². The predicted octanol–water partition coefficient (Wildman–Crippen LogP) is 0.579. The molecular formula is C13H21N3O2. The number of nitrogens with zero attached hydrogens (tertiary/aromatic N) is 2. The van der Waals surface area contributed by atoms with Crippen molar-refractivity contribution in [2.45, 2.75) is 25.9 Å². The molecule has 0 aliphatic carbocycles. The summed E-state index contributed by atoms with van der Waals surface area (Å²) in [4.78, 5) is 15.8. The van der Waals surface area contributed by atoms with Crippen LogP contribution in [0.5, 0.6) is 0 Å². The van der Waals surface area contributed by atoms with Crippen molar-refractivity contribution < 1.29 is 9.21 Å². The second kappa shape index (κ2) is 5.54. The van der Waals surface area contributed by atoms with Crippen molar-refractivity contribution in [1.29, 1.82) is 0 Å². The summed E-state index contributed by atoms with van der Waals surface area (Å²) in [6.07, 6.45) is 0.981. The summed E-state index contributed by atoms with van der Waals surface area (Å²) >= 11 is 0. The average molecular weight is 251 g/mol. The Kier molecular flexibility index (Phi) is 4.04. The predicted molar refractivity (Wildman–Crippen MR) is 69.0 cm³/mol. The van der Waals surface area contributed by atoms with Crippen LogP contribution in [0.25, 0.3) is 0 Å². The van der Waals surface area contributed by atoms with Crippen molar-refractivity contribution in [3.8, 4) is 0 Å². The van der Waals surface area contributed by atoms with Crippen molar-refractivity contribution in [1.82, 2.24) is 9.80 Å². The maximum absolute atomic E-state index is 12.0. The standard InChI is InChI=1S/C13H21N3O2/c1-10-3-4-12(18-10)8-15(2)13(17)9-16-6-5-11(14)7-16/h3-4,11H,5-9,14H2,1-2H3/t11-/m1/s1. The summed E-state index contributed by atoms with van der Waals surface area (Å²) in [6.45, 7) is 4.60. The minimum absolute atomic E-state index is 0.109. The summed E-state index contributed by atoms with van der Waals surface area (Å²) in [7, 11) is 1.80. The third-order valence-corrected chi connectivity index (χ3v) is 3.28. The lowest BCUT2D eigenvalue weighted by Gasteiger charge is -2.20. The van der Waals surface area contributed by atoms with E-state index in [0.717, 1.165) is 31.0 Å². The van der Waals surface area contributed by atoms with Gasteiger partial charge >= 0.3 is 0 Å². The van der Waals surface area contributed by atoms with Gasteiger partial charge in [0.05, 0.1) is 13.1 Å². The maximum atomic E-state index is 12.0. The SMILES string of the molecule is Cc1ccc(CN(C)C(=O)CN2CC[C@@H](N)C2)o1. The molecule has 18 heavy (non-hydrogen) atoms. The van der Waals surface area contributed by atoms with E-state index in [1.807, 2.05) is 19.1 Å². The third-order valence-electron chi connectivity index (χ3n) is 3.28. The highest BCUT2D eigenvalue weighted by atomic mass is 16.3. The Hall–Kier alpha value is -1.33. The Morgan fingerprint density at radius 1 is 1.61 bits per heavy atom. The minimum Gasteiger partial charge on any atom is -0.464 e. The van der Waals surface area contributed by atoms with Crippen LogP contribution in [0.3, 0.4) is 0 Å². The minimum atomic E-state index is 0.109. The molecule has 1 amide bonds. The van der Waals surface area contributed by atoms with E-state index in [-0.39, 0.29) is 11.9 Å². The fraction of sp³-hybridized carbons (Fsp3) is 0.615. The molecule has 2 rings (SSSR count). The molecule has 1 atom stereocenters. The van der Waals surface area contributed by atoms with Crippen LogP contribution in [0, 0.1) is 6.92 Å². The molecule has 1 fully saturated rings. The Labute approximate surface area is 108 Å². The molecule has 0 spiro atoms. The van der Waals surface area contributed by atoms with Crippen LogP contribution in [0.2, 0.25) is 0 Å². The van der Waals surface area contributed by atoms with Gasteiger partial charge in [-0.3, -0.25) is 9.69 Å². The van der Waals surface area contributed by atoms with Crippen LogP contribution in [0.15, 0.2) is 16.5 Å². The molecule has 100 valence electrons. The van der Waals surface area contributed by atoms with Gasteiger partial charge in [-0.25, -0.2) is 0 Å². The second-order valence-corrected chi connectivity index (χ2v) is 5.05. The third kappa shape index (κ3) is 3.34. The molecule has 1 aliphatic heterocycles. The molecule has 2 heterocycles. The number of likely N-dealkylation sites (tertiary alicyclic amines) is 1. The molecule has 0 aromatic carbocycles. The Morgan fingerprint density at radius 3 is 2.94 bits per heavy atom. The molecule has 0 saturated carbocycles. The Bertz CT molecular complexity index is 416. The van der Waals surface area contributed by atoms with Gasteiger partial charge in [0.2, 0.25) is 5.91 Å². The van der Waals surface area contributed by atoms with Crippen LogP contribution in [0.4, 0.5) is 0 Å². The van der Waals surface area contributed by atoms with E-state index in [4.69, 9.17) is 10.2 Å². The first-order chi connectivity index (χ1) is 8.54. The fourth-order valence-corrected chi connectivity index (χ4v) is 2.21. The summed E-state index contributed by atoms with van der Waals surface area (Å²) in [5.74, 6) is 1.80. The smallest absolute Gasteiger partial charge is 0.236 e. The van der Waals surface area contributed by atoms with Gasteiger partial charge in [0, 0.05) is 26.2 Å². The molecule has 1 aliphatic rings. The van der Waals surface area contributed by atoms with Crippen molar-refractivity contribution in [2.75, 3.05) is 26.7 Å². The van der Waals surface area contributed by atoms with Crippen molar-refractivity contribution in [3.05, 3.63) is 23.7 Å². The van der Waals surface area contributed by atoms with Crippen LogP contribution >= 0.6 is 0 Å². The number of aryl methyl sites for hydroxylation is 1. The van der Waals surface area contributed by atoms with Crippen LogP contribution in [0.1, 0.15) is 17.9 Å². The molecule has 0 bridgehead atoms. The van der Waals surface area contributed by atoms with Crippen molar-refractivity contribution >= 4 is 5.91 Å². The van der Waals surface area contributed by atoms with E-state index in [1.54, 1.807) is 11.9 Å². The molecule has 5 heteroatoms. The molecule has 2 N–H and O–H groups in total. The first kappa shape index (κ1) is 13.1. The van der Waals surface area contributed by atoms with E-state index in [9.17, 15) is 4.79 Å². The highest BCUT2D eigenvalue weighted by Crippen LogP contribution is 2.10. The Balaban J connectivity index is 1.81. The number of hydrogen-bond donors (Lipinski definition) is 1. The normalized spacial score (nSPS) is 20.3. The van der Waals surface area contributed by atoms with Gasteiger partial charge in [-0.05, 0) is 25.5 Å². The van der Waals surface area contributed by atoms with Crippen molar-refractivity contribution in [3.63, 3.8) is 0 Å². The lowest BCUT2D eigenvalue weighted by atomic mass is 10.3. The Morgan fingerprint density at radius 2 is 2.39 bits per heavy atom. The van der Waals surface area contributed by atoms with E-state index in [0.29, 0.717) is 13.1 Å². The lowest BCUT2D eigenvalue weighted by Crippen LogP contribution is -2.38. The van der Waals surface area contributed by atoms with Crippen LogP contribution < -0.4 is 5.73 Å². The molecule has 0 radical (unpaired) electrons. The summed E-state index contributed by atoms with van der Waals surface area (Å²) in [5.41, 5.74) is 5.82. The van der Waals surface area contributed by atoms with Gasteiger partial charge < -0.3 is 15.1 Å². The van der Waals surface area contributed by atoms with Crippen molar-refractivity contribution in [2.24, 2.45) is 5.73 Å². The summed E-state index contributed by atoms with van der Waals surface area (Å²) in [5, 5.41) is 0. The first-order valence-electron chi connectivity index (χ1n) is 6.32. The molecular weight excluding hydrogens is 230 g/mol. The highest BCUT2D eigenvalue weighted by Gasteiger charge is 2.22. The molecule has 1 aromatic heterocycles. The van der Waals surface area contributed by atoms with E-state index in [2.05, 4.69) is 4.90 Å². The second-order valence-electron chi connectivity index (χ2n) is 5.05. The summed E-state index contributed by atoms with van der Waals surface area (Å²) < 4.78 is 5.46. The number of carbonyl (C=O) groups is 1. The zero-order valence-corrected chi connectivity index (χ0v) is 11.1. The maximum Gasteiger partial charge on any atom is 0.236 e. The van der Waals surface area contributed by atoms with Gasteiger partial charge in [-0.2, -0.15) is 0 Å². The topological polar surface area (TPSA) is 62.7 Å². The van der Waals surface area contributed by atoms with Gasteiger partial charge in [0.25, 0.3) is 0 Å². The number of nitrogens with two attached hydrogens (primary N) is 1. The first-order valence-corrected chi connectivity index (χ1v) is 6.32. The van der Waals surface area contributed by atoms with Gasteiger partial charge in [0.1, 0.15) is 11.5 Å². The highest BCUT2D eigenvalue weighted by molar-refractivity contribution is 5.77.